The number of aromatic nitrogens is 2. The Balaban J connectivity index is 1.31. The van der Waals surface area contributed by atoms with Gasteiger partial charge in [0, 0.05) is 24.0 Å². The van der Waals surface area contributed by atoms with Crippen LogP contribution in [0.2, 0.25) is 0 Å². The molecule has 0 amide bonds. The number of aliphatic hydroxyl groups is 2. The van der Waals surface area contributed by atoms with Gasteiger partial charge in [-0.1, -0.05) is 0 Å². The molecule has 7 nitrogen and oxygen atoms in total. The van der Waals surface area contributed by atoms with Crippen LogP contribution in [0.15, 0.2) is 6.33 Å². The Morgan fingerprint density at radius 2 is 1.97 bits per heavy atom. The Bertz CT molecular complexity index is 861. The van der Waals surface area contributed by atoms with E-state index >= 15 is 0 Å². The number of aliphatic hydroxyl groups excluding tert-OH is 2. The molecule has 0 unspecified atom stereocenters. The summed E-state index contributed by atoms with van der Waals surface area (Å²) in [5.41, 5.74) is 1.25. The van der Waals surface area contributed by atoms with Crippen molar-refractivity contribution in [1.82, 2.24) is 14.9 Å². The highest BCUT2D eigenvalue weighted by Gasteiger charge is 2.33. The van der Waals surface area contributed by atoms with Gasteiger partial charge in [-0.3, -0.25) is 4.90 Å². The van der Waals surface area contributed by atoms with Gasteiger partial charge >= 0.3 is 0 Å². The Labute approximate surface area is 181 Å². The summed E-state index contributed by atoms with van der Waals surface area (Å²) in [5.74, 6) is 0.944. The van der Waals surface area contributed by atoms with Crippen LogP contribution in [0.3, 0.4) is 0 Å². The van der Waals surface area contributed by atoms with E-state index < -0.39 is 6.10 Å². The molecule has 1 aliphatic heterocycles. The van der Waals surface area contributed by atoms with E-state index in [0.717, 1.165) is 75.0 Å². The van der Waals surface area contributed by atoms with Gasteiger partial charge in [0.25, 0.3) is 0 Å². The van der Waals surface area contributed by atoms with Crippen LogP contribution in [0.5, 0.6) is 5.88 Å². The molecule has 8 heteroatoms. The molecule has 3 aliphatic rings. The lowest BCUT2D eigenvalue weighted by Gasteiger charge is -2.38. The van der Waals surface area contributed by atoms with Crippen LogP contribution in [0.25, 0.3) is 10.2 Å². The molecule has 30 heavy (non-hydrogen) atoms. The van der Waals surface area contributed by atoms with Gasteiger partial charge in [0.05, 0.1) is 31.3 Å². The summed E-state index contributed by atoms with van der Waals surface area (Å²) in [6.45, 7) is 3.60. The highest BCUT2D eigenvalue weighted by molar-refractivity contribution is 7.19. The number of nitrogens with zero attached hydrogens (tertiary/aromatic N) is 3. The van der Waals surface area contributed by atoms with Crippen molar-refractivity contribution in [2.24, 2.45) is 0 Å². The van der Waals surface area contributed by atoms with Gasteiger partial charge in [0.1, 0.15) is 17.3 Å². The van der Waals surface area contributed by atoms with Crippen molar-refractivity contribution in [1.29, 1.82) is 0 Å². The van der Waals surface area contributed by atoms with Gasteiger partial charge in [-0.25, -0.2) is 9.97 Å². The molecular weight excluding hydrogens is 402 g/mol. The first kappa shape index (κ1) is 20.6. The summed E-state index contributed by atoms with van der Waals surface area (Å²) in [7, 11) is 0. The quantitative estimate of drug-likeness (QED) is 0.724. The fourth-order valence-electron chi connectivity index (χ4n) is 5.40. The van der Waals surface area contributed by atoms with Gasteiger partial charge in [-0.15, -0.1) is 11.3 Å². The van der Waals surface area contributed by atoms with E-state index in [1.165, 1.54) is 10.4 Å². The highest BCUT2D eigenvalue weighted by atomic mass is 32.1. The normalized spacial score (nSPS) is 28.5. The number of ether oxygens (including phenoxy) is 2. The van der Waals surface area contributed by atoms with E-state index in [0.29, 0.717) is 18.3 Å². The zero-order valence-corrected chi connectivity index (χ0v) is 18.1. The molecule has 1 saturated heterocycles. The van der Waals surface area contributed by atoms with E-state index in [4.69, 9.17) is 9.47 Å². The van der Waals surface area contributed by atoms with Crippen molar-refractivity contribution in [2.75, 3.05) is 32.9 Å². The molecule has 5 rings (SSSR count). The first-order chi connectivity index (χ1) is 14.7. The third-order valence-corrected chi connectivity index (χ3v) is 8.12. The summed E-state index contributed by atoms with van der Waals surface area (Å²) in [4.78, 5) is 13.9. The Morgan fingerprint density at radius 1 is 1.17 bits per heavy atom. The lowest BCUT2D eigenvalue weighted by molar-refractivity contribution is -0.00126. The largest absolute Gasteiger partial charge is 0.474 e. The van der Waals surface area contributed by atoms with E-state index in [1.54, 1.807) is 17.7 Å². The lowest BCUT2D eigenvalue weighted by atomic mass is 9.91. The molecule has 2 aliphatic carbocycles. The van der Waals surface area contributed by atoms with Gasteiger partial charge in [0.15, 0.2) is 0 Å². The minimum atomic E-state index is -0.680. The first-order valence-electron chi connectivity index (χ1n) is 11.3. The maximum atomic E-state index is 10.00. The Kier molecular flexibility index (Phi) is 6.20. The lowest BCUT2D eigenvalue weighted by Crippen LogP contribution is -2.46. The molecule has 0 spiro atoms. The molecule has 2 aromatic rings. The van der Waals surface area contributed by atoms with Crippen molar-refractivity contribution in [3.8, 4) is 5.88 Å². The van der Waals surface area contributed by atoms with E-state index in [2.05, 4.69) is 14.9 Å². The maximum Gasteiger partial charge on any atom is 0.225 e. The second-order valence-corrected chi connectivity index (χ2v) is 9.89. The number of aryl methyl sites for hydroxylation is 1. The molecule has 2 N–H and O–H groups in total. The van der Waals surface area contributed by atoms with Gasteiger partial charge < -0.3 is 19.7 Å². The molecule has 0 aromatic carbocycles. The predicted molar refractivity (Wildman–Crippen MR) is 115 cm³/mol. The predicted octanol–water partition coefficient (Wildman–Crippen LogP) is 2.49. The minimum absolute atomic E-state index is 0.193. The zero-order chi connectivity index (χ0) is 20.5. The van der Waals surface area contributed by atoms with Crippen LogP contribution < -0.4 is 4.74 Å². The highest BCUT2D eigenvalue weighted by Crippen LogP contribution is 2.47. The molecule has 3 heterocycles. The molecule has 0 radical (unpaired) electrons. The smallest absolute Gasteiger partial charge is 0.225 e. The van der Waals surface area contributed by atoms with Crippen molar-refractivity contribution in [3.63, 3.8) is 0 Å². The van der Waals surface area contributed by atoms with Crippen molar-refractivity contribution < 1.29 is 19.7 Å². The zero-order valence-electron chi connectivity index (χ0n) is 17.3. The van der Waals surface area contributed by atoms with E-state index in [9.17, 15) is 10.2 Å². The van der Waals surface area contributed by atoms with Crippen LogP contribution in [-0.4, -0.2) is 76.2 Å². The SMILES string of the molecule is OC[C@@H](O)C[C@H]1CCc2sc3ncnc(O[C@H]4CC[C@H](N5CCOCC5)CC4)c3c21. The van der Waals surface area contributed by atoms with Crippen molar-refractivity contribution in [2.45, 2.75) is 69.1 Å². The second kappa shape index (κ2) is 9.04. The minimum Gasteiger partial charge on any atom is -0.474 e. The number of hydrogen-bond acceptors (Lipinski definition) is 8. The first-order valence-corrected chi connectivity index (χ1v) is 12.1. The summed E-state index contributed by atoms with van der Waals surface area (Å²) >= 11 is 1.73. The molecule has 2 atom stereocenters. The van der Waals surface area contributed by atoms with Crippen LogP contribution in [0.4, 0.5) is 0 Å². The molecule has 0 bridgehead atoms. The second-order valence-electron chi connectivity index (χ2n) is 8.80. The van der Waals surface area contributed by atoms with Crippen LogP contribution in [0, 0.1) is 0 Å². The van der Waals surface area contributed by atoms with Crippen molar-refractivity contribution in [3.05, 3.63) is 16.8 Å². The molecule has 2 aromatic heterocycles. The van der Waals surface area contributed by atoms with Gasteiger partial charge in [0.2, 0.25) is 5.88 Å². The molecular formula is C22H31N3O4S. The van der Waals surface area contributed by atoms with Crippen LogP contribution in [-0.2, 0) is 11.2 Å². The molecule has 164 valence electrons. The number of fused-ring (bicyclic) bond motifs is 3. The Hall–Kier alpha value is -1.32. The van der Waals surface area contributed by atoms with Crippen molar-refractivity contribution >= 4 is 21.6 Å². The number of rotatable bonds is 6. The van der Waals surface area contributed by atoms with Gasteiger partial charge in [-0.2, -0.15) is 0 Å². The molecule has 1 saturated carbocycles. The average Bonchev–Trinajstić information content (AvgIpc) is 3.35. The number of morpholine rings is 1. The van der Waals surface area contributed by atoms with E-state index in [1.807, 2.05) is 0 Å². The average molecular weight is 434 g/mol. The summed E-state index contributed by atoms with van der Waals surface area (Å²) < 4.78 is 12.0. The summed E-state index contributed by atoms with van der Waals surface area (Å²) in [6.07, 6.45) is 8.13. The summed E-state index contributed by atoms with van der Waals surface area (Å²) in [5, 5.41) is 20.3. The Morgan fingerprint density at radius 3 is 2.73 bits per heavy atom. The fourth-order valence-corrected chi connectivity index (χ4v) is 6.63. The topological polar surface area (TPSA) is 87.9 Å². The van der Waals surface area contributed by atoms with Crippen LogP contribution in [0.1, 0.15) is 54.9 Å². The molecule has 2 fully saturated rings. The third kappa shape index (κ3) is 4.08. The number of hydrogen-bond donors (Lipinski definition) is 2. The summed E-state index contributed by atoms with van der Waals surface area (Å²) in [6, 6.07) is 0.647. The third-order valence-electron chi connectivity index (χ3n) is 6.95. The number of thiophene rings is 1. The maximum absolute atomic E-state index is 10.00. The van der Waals surface area contributed by atoms with E-state index in [-0.39, 0.29) is 18.6 Å². The monoisotopic (exact) mass is 433 g/mol. The van der Waals surface area contributed by atoms with Gasteiger partial charge in [-0.05, 0) is 56.4 Å². The fraction of sp³-hybridized carbons (Fsp3) is 0.727. The standard InChI is InChI=1S/C22H31N3O4S/c26-12-16(27)11-14-1-6-18-19(14)20-21(23-13-24-22(20)30-18)29-17-4-2-15(3-5-17)25-7-9-28-10-8-25/h13-17,26-27H,1-12H2/t14-,15-,16+,17-/m1/s1. The van der Waals surface area contributed by atoms with Crippen LogP contribution >= 0.6 is 11.3 Å².